The van der Waals surface area contributed by atoms with Crippen LogP contribution in [0, 0.1) is 0 Å². The second kappa shape index (κ2) is 7.72. The summed E-state index contributed by atoms with van der Waals surface area (Å²) in [7, 11) is 0. The molecule has 9 heteroatoms. The standard InChI is InChI=1S/C20H25N5O3S/c1-20(2,3)25-18-14(11-22-25)17(15-7-5-9-29-15)23-24(19(18)27)12-16(26)21-10-13-6-4-8-28-13/h5,7,9,11,13H,4,6,8,10,12H2,1-3H3,(H,21,26). The Hall–Kier alpha value is -2.52. The van der Waals surface area contributed by atoms with Gasteiger partial charge >= 0.3 is 0 Å². The van der Waals surface area contributed by atoms with E-state index in [9.17, 15) is 9.59 Å². The van der Waals surface area contributed by atoms with Crippen molar-refractivity contribution in [2.24, 2.45) is 0 Å². The van der Waals surface area contributed by atoms with Crippen LogP contribution in [-0.4, -0.2) is 44.7 Å². The molecule has 1 N–H and O–H groups in total. The number of hydrogen-bond donors (Lipinski definition) is 1. The number of rotatable bonds is 5. The second-order valence-corrected chi connectivity index (χ2v) is 9.16. The molecule has 1 aliphatic rings. The molecule has 154 valence electrons. The van der Waals surface area contributed by atoms with Gasteiger partial charge in [0.25, 0.3) is 5.56 Å². The summed E-state index contributed by atoms with van der Waals surface area (Å²) >= 11 is 1.54. The molecule has 4 heterocycles. The lowest BCUT2D eigenvalue weighted by Crippen LogP contribution is -2.38. The molecule has 1 saturated heterocycles. The molecule has 1 atom stereocenters. The highest BCUT2D eigenvalue weighted by Crippen LogP contribution is 2.30. The summed E-state index contributed by atoms with van der Waals surface area (Å²) in [6, 6.07) is 3.89. The Balaban J connectivity index is 1.72. The molecule has 1 amide bonds. The molecular weight excluding hydrogens is 390 g/mol. The van der Waals surface area contributed by atoms with Crippen molar-refractivity contribution in [2.75, 3.05) is 13.2 Å². The Morgan fingerprint density at radius 2 is 2.24 bits per heavy atom. The van der Waals surface area contributed by atoms with Crippen molar-refractivity contribution >= 4 is 28.1 Å². The highest BCUT2D eigenvalue weighted by Gasteiger charge is 2.24. The Labute approximate surface area is 172 Å². The SMILES string of the molecule is CC(C)(C)n1ncc2c(-c3cccs3)nn(CC(=O)NCC3CCCO3)c(=O)c21. The van der Waals surface area contributed by atoms with Crippen molar-refractivity contribution in [3.05, 3.63) is 34.1 Å². The van der Waals surface area contributed by atoms with Crippen LogP contribution in [0.2, 0.25) is 0 Å². The molecule has 8 nitrogen and oxygen atoms in total. The molecule has 0 radical (unpaired) electrons. The highest BCUT2D eigenvalue weighted by molar-refractivity contribution is 7.13. The van der Waals surface area contributed by atoms with Gasteiger partial charge in [-0.2, -0.15) is 10.2 Å². The van der Waals surface area contributed by atoms with Crippen molar-refractivity contribution in [1.29, 1.82) is 0 Å². The predicted molar refractivity (Wildman–Crippen MR) is 112 cm³/mol. The van der Waals surface area contributed by atoms with Gasteiger partial charge in [-0.15, -0.1) is 11.3 Å². The van der Waals surface area contributed by atoms with E-state index >= 15 is 0 Å². The van der Waals surface area contributed by atoms with Crippen molar-refractivity contribution in [3.63, 3.8) is 0 Å². The lowest BCUT2D eigenvalue weighted by atomic mass is 10.1. The molecule has 0 spiro atoms. The molecule has 1 aliphatic heterocycles. The van der Waals surface area contributed by atoms with Gasteiger partial charge < -0.3 is 10.1 Å². The van der Waals surface area contributed by atoms with E-state index in [0.717, 1.165) is 24.3 Å². The number of carbonyl (C=O) groups is 1. The van der Waals surface area contributed by atoms with Gasteiger partial charge in [-0.25, -0.2) is 4.68 Å². The van der Waals surface area contributed by atoms with E-state index < -0.39 is 0 Å². The number of ether oxygens (including phenoxy) is 1. The van der Waals surface area contributed by atoms with Crippen LogP contribution in [0.3, 0.4) is 0 Å². The fraction of sp³-hybridized carbons (Fsp3) is 0.500. The molecular formula is C20H25N5O3S. The topological polar surface area (TPSA) is 91.0 Å². The minimum absolute atomic E-state index is 0.0510. The van der Waals surface area contributed by atoms with Crippen molar-refractivity contribution < 1.29 is 9.53 Å². The number of thiophene rings is 1. The molecule has 3 aromatic rings. The van der Waals surface area contributed by atoms with Gasteiger partial charge in [-0.1, -0.05) is 6.07 Å². The van der Waals surface area contributed by atoms with Crippen LogP contribution >= 0.6 is 11.3 Å². The summed E-state index contributed by atoms with van der Waals surface area (Å²) in [5.74, 6) is -0.256. The zero-order valence-electron chi connectivity index (χ0n) is 16.8. The Morgan fingerprint density at radius 3 is 2.90 bits per heavy atom. The Morgan fingerprint density at radius 1 is 1.41 bits per heavy atom. The monoisotopic (exact) mass is 415 g/mol. The number of nitrogens with one attached hydrogen (secondary N) is 1. The highest BCUT2D eigenvalue weighted by atomic mass is 32.1. The van der Waals surface area contributed by atoms with Gasteiger partial charge in [0.2, 0.25) is 5.91 Å². The fourth-order valence-electron chi connectivity index (χ4n) is 3.51. The summed E-state index contributed by atoms with van der Waals surface area (Å²) in [5.41, 5.74) is 0.425. The van der Waals surface area contributed by atoms with Crippen LogP contribution in [0.4, 0.5) is 0 Å². The smallest absolute Gasteiger partial charge is 0.293 e. The van der Waals surface area contributed by atoms with Crippen LogP contribution < -0.4 is 10.9 Å². The zero-order chi connectivity index (χ0) is 20.6. The first-order valence-corrected chi connectivity index (χ1v) is 10.6. The molecule has 0 aliphatic carbocycles. The first-order valence-electron chi connectivity index (χ1n) is 9.76. The van der Waals surface area contributed by atoms with E-state index in [0.29, 0.717) is 23.1 Å². The lowest BCUT2D eigenvalue weighted by molar-refractivity contribution is -0.122. The summed E-state index contributed by atoms with van der Waals surface area (Å²) in [6.45, 7) is 7.01. The molecule has 1 unspecified atom stereocenters. The quantitative estimate of drug-likeness (QED) is 0.691. The van der Waals surface area contributed by atoms with Crippen molar-refractivity contribution in [2.45, 2.75) is 51.8 Å². The maximum absolute atomic E-state index is 13.2. The average molecular weight is 416 g/mol. The molecule has 29 heavy (non-hydrogen) atoms. The normalized spacial score (nSPS) is 17.1. The minimum Gasteiger partial charge on any atom is -0.376 e. The number of nitrogens with zero attached hydrogens (tertiary/aromatic N) is 4. The van der Waals surface area contributed by atoms with Crippen molar-refractivity contribution in [3.8, 4) is 10.6 Å². The number of amides is 1. The van der Waals surface area contributed by atoms with Crippen LogP contribution in [0.15, 0.2) is 28.5 Å². The molecule has 0 bridgehead atoms. The average Bonchev–Trinajstić information content (AvgIpc) is 3.42. The summed E-state index contributed by atoms with van der Waals surface area (Å²) in [6.07, 6.45) is 3.69. The van der Waals surface area contributed by atoms with Crippen molar-refractivity contribution in [1.82, 2.24) is 24.9 Å². The number of hydrogen-bond acceptors (Lipinski definition) is 6. The summed E-state index contributed by atoms with van der Waals surface area (Å²) in [5, 5.41) is 14.5. The third kappa shape index (κ3) is 3.97. The molecule has 1 fully saturated rings. The number of aromatic nitrogens is 4. The van der Waals surface area contributed by atoms with Gasteiger partial charge in [0.1, 0.15) is 17.8 Å². The van der Waals surface area contributed by atoms with Crippen LogP contribution in [0.1, 0.15) is 33.6 Å². The summed E-state index contributed by atoms with van der Waals surface area (Å²) < 4.78 is 8.49. The van der Waals surface area contributed by atoms with Gasteiger partial charge in [-0.3, -0.25) is 14.3 Å². The van der Waals surface area contributed by atoms with Gasteiger partial charge in [0.05, 0.1) is 28.1 Å². The summed E-state index contributed by atoms with van der Waals surface area (Å²) in [4.78, 5) is 26.6. The van der Waals surface area contributed by atoms with Crippen LogP contribution in [0.5, 0.6) is 0 Å². The fourth-order valence-corrected chi connectivity index (χ4v) is 4.23. The van der Waals surface area contributed by atoms with E-state index in [4.69, 9.17) is 4.74 Å². The van der Waals surface area contributed by atoms with Crippen LogP contribution in [0.25, 0.3) is 21.5 Å². The van der Waals surface area contributed by atoms with E-state index in [1.165, 1.54) is 16.0 Å². The van der Waals surface area contributed by atoms with Gasteiger partial charge in [0.15, 0.2) is 0 Å². The van der Waals surface area contributed by atoms with E-state index in [1.54, 1.807) is 10.9 Å². The second-order valence-electron chi connectivity index (χ2n) is 8.22. The van der Waals surface area contributed by atoms with Gasteiger partial charge in [0, 0.05) is 13.2 Å². The van der Waals surface area contributed by atoms with E-state index in [1.807, 2.05) is 38.3 Å². The third-order valence-corrected chi connectivity index (χ3v) is 5.79. The maximum Gasteiger partial charge on any atom is 0.293 e. The molecule has 3 aromatic heterocycles. The number of carbonyl (C=O) groups excluding carboxylic acids is 1. The molecule has 4 rings (SSSR count). The van der Waals surface area contributed by atoms with E-state index in [2.05, 4.69) is 15.5 Å². The van der Waals surface area contributed by atoms with Gasteiger partial charge in [-0.05, 0) is 45.1 Å². The Bertz CT molecular complexity index is 1070. The zero-order valence-corrected chi connectivity index (χ0v) is 17.7. The van der Waals surface area contributed by atoms with E-state index in [-0.39, 0.29) is 29.7 Å². The first kappa shape index (κ1) is 19.8. The maximum atomic E-state index is 13.2. The molecule has 0 aromatic carbocycles. The third-order valence-electron chi connectivity index (χ3n) is 4.92. The number of fused-ring (bicyclic) bond motifs is 1. The minimum atomic E-state index is -0.380. The Kier molecular flexibility index (Phi) is 5.26. The first-order chi connectivity index (χ1) is 13.8. The lowest BCUT2D eigenvalue weighted by Gasteiger charge is -2.20. The molecule has 0 saturated carbocycles. The largest absolute Gasteiger partial charge is 0.376 e. The van der Waals surface area contributed by atoms with Crippen LogP contribution in [-0.2, 0) is 21.6 Å². The predicted octanol–water partition coefficient (Wildman–Crippen LogP) is 2.37.